The third-order valence-electron chi connectivity index (χ3n) is 3.28. The molecule has 5 nitrogen and oxygen atoms in total. The number of nitro groups is 1. The molecule has 18 heavy (non-hydrogen) atoms. The van der Waals surface area contributed by atoms with E-state index in [1.54, 1.807) is 12.1 Å². The van der Waals surface area contributed by atoms with Gasteiger partial charge in [0.1, 0.15) is 0 Å². The number of nitrogens with zero attached hydrogens (tertiary/aromatic N) is 1. The van der Waals surface area contributed by atoms with Gasteiger partial charge in [0, 0.05) is 18.7 Å². The lowest BCUT2D eigenvalue weighted by Gasteiger charge is -2.22. The molecule has 2 rings (SSSR count). The number of hydrogen-bond donors (Lipinski definition) is 2. The van der Waals surface area contributed by atoms with E-state index in [0.29, 0.717) is 12.5 Å². The largest absolute Gasteiger partial charge is 0.316 e. The van der Waals surface area contributed by atoms with Gasteiger partial charge < -0.3 is 10.6 Å². The van der Waals surface area contributed by atoms with E-state index in [9.17, 15) is 10.1 Å². The SMILES string of the molecule is O=[N+]([O-])c1cccc(CNCC2CCCNC2)c1. The van der Waals surface area contributed by atoms with E-state index >= 15 is 0 Å². The van der Waals surface area contributed by atoms with E-state index in [1.165, 1.54) is 18.9 Å². The number of nitrogens with one attached hydrogen (secondary N) is 2. The van der Waals surface area contributed by atoms with E-state index in [4.69, 9.17) is 0 Å². The first-order valence-corrected chi connectivity index (χ1v) is 6.40. The first-order valence-electron chi connectivity index (χ1n) is 6.40. The second-order valence-electron chi connectivity index (χ2n) is 4.77. The first-order chi connectivity index (χ1) is 8.75. The fourth-order valence-electron chi connectivity index (χ4n) is 2.30. The van der Waals surface area contributed by atoms with Crippen molar-refractivity contribution in [2.45, 2.75) is 19.4 Å². The van der Waals surface area contributed by atoms with Crippen LogP contribution in [-0.4, -0.2) is 24.6 Å². The molecule has 0 bridgehead atoms. The summed E-state index contributed by atoms with van der Waals surface area (Å²) < 4.78 is 0. The van der Waals surface area contributed by atoms with Gasteiger partial charge in [0.2, 0.25) is 0 Å². The topological polar surface area (TPSA) is 67.2 Å². The maximum absolute atomic E-state index is 10.7. The molecule has 2 N–H and O–H groups in total. The van der Waals surface area contributed by atoms with Crippen LogP contribution in [0, 0.1) is 16.0 Å². The Kier molecular flexibility index (Phi) is 4.66. The molecule has 5 heteroatoms. The molecule has 1 unspecified atom stereocenters. The summed E-state index contributed by atoms with van der Waals surface area (Å²) in [5.74, 6) is 0.678. The van der Waals surface area contributed by atoms with E-state index in [-0.39, 0.29) is 10.6 Å². The van der Waals surface area contributed by atoms with E-state index in [2.05, 4.69) is 10.6 Å². The minimum absolute atomic E-state index is 0.161. The molecule has 1 aromatic carbocycles. The van der Waals surface area contributed by atoms with Crippen LogP contribution in [-0.2, 0) is 6.54 Å². The lowest BCUT2D eigenvalue weighted by atomic mass is 10.00. The number of benzene rings is 1. The number of rotatable bonds is 5. The summed E-state index contributed by atoms with van der Waals surface area (Å²) in [6, 6.07) is 6.80. The zero-order valence-electron chi connectivity index (χ0n) is 10.4. The second kappa shape index (κ2) is 6.47. The molecule has 1 aliphatic rings. The van der Waals surface area contributed by atoms with Crippen LogP contribution in [0.4, 0.5) is 5.69 Å². The van der Waals surface area contributed by atoms with Crippen LogP contribution in [0.1, 0.15) is 18.4 Å². The van der Waals surface area contributed by atoms with Crippen LogP contribution >= 0.6 is 0 Å². The van der Waals surface area contributed by atoms with Crippen molar-refractivity contribution >= 4 is 5.69 Å². The van der Waals surface area contributed by atoms with Crippen LogP contribution in [0.25, 0.3) is 0 Å². The molecule has 1 aliphatic heterocycles. The zero-order valence-corrected chi connectivity index (χ0v) is 10.4. The van der Waals surface area contributed by atoms with Gasteiger partial charge in [0.15, 0.2) is 0 Å². The van der Waals surface area contributed by atoms with Gasteiger partial charge >= 0.3 is 0 Å². The minimum Gasteiger partial charge on any atom is -0.316 e. The highest BCUT2D eigenvalue weighted by atomic mass is 16.6. The highest BCUT2D eigenvalue weighted by Crippen LogP contribution is 2.13. The molecule has 0 aromatic heterocycles. The van der Waals surface area contributed by atoms with Crippen LogP contribution in [0.3, 0.4) is 0 Å². The molecule has 0 saturated carbocycles. The van der Waals surface area contributed by atoms with Gasteiger partial charge in [-0.2, -0.15) is 0 Å². The molecular weight excluding hydrogens is 230 g/mol. The Morgan fingerprint density at radius 3 is 3.11 bits per heavy atom. The number of hydrogen-bond acceptors (Lipinski definition) is 4. The standard InChI is InChI=1S/C13H19N3O2/c17-16(18)13-5-1-3-11(7-13)8-15-10-12-4-2-6-14-9-12/h1,3,5,7,12,14-15H,2,4,6,8-10H2. The van der Waals surface area contributed by atoms with Gasteiger partial charge in [-0.05, 0) is 44.0 Å². The fraction of sp³-hybridized carbons (Fsp3) is 0.538. The van der Waals surface area contributed by atoms with Gasteiger partial charge in [-0.25, -0.2) is 0 Å². The van der Waals surface area contributed by atoms with Crippen LogP contribution in [0.5, 0.6) is 0 Å². The van der Waals surface area contributed by atoms with Crippen molar-refractivity contribution in [3.05, 3.63) is 39.9 Å². The average Bonchev–Trinajstić information content (AvgIpc) is 2.40. The summed E-state index contributed by atoms with van der Waals surface area (Å²) in [6.45, 7) is 3.86. The van der Waals surface area contributed by atoms with Crippen LogP contribution in [0.15, 0.2) is 24.3 Å². The van der Waals surface area contributed by atoms with E-state index in [0.717, 1.165) is 25.2 Å². The van der Waals surface area contributed by atoms with Crippen molar-refractivity contribution in [2.75, 3.05) is 19.6 Å². The lowest BCUT2D eigenvalue weighted by Crippen LogP contribution is -2.35. The Labute approximate surface area is 107 Å². The van der Waals surface area contributed by atoms with Gasteiger partial charge in [0.25, 0.3) is 5.69 Å². The number of piperidine rings is 1. The van der Waals surface area contributed by atoms with Crippen molar-refractivity contribution < 1.29 is 4.92 Å². The maximum atomic E-state index is 10.7. The van der Waals surface area contributed by atoms with Gasteiger partial charge in [-0.15, -0.1) is 0 Å². The molecule has 1 aromatic rings. The summed E-state index contributed by atoms with van der Waals surface area (Å²) >= 11 is 0. The normalized spacial score (nSPS) is 19.7. The highest BCUT2D eigenvalue weighted by Gasteiger charge is 2.12. The predicted octanol–water partition coefficient (Wildman–Crippen LogP) is 1.68. The average molecular weight is 249 g/mol. The van der Waals surface area contributed by atoms with Crippen LogP contribution in [0.2, 0.25) is 0 Å². The Morgan fingerprint density at radius 2 is 2.39 bits per heavy atom. The summed E-state index contributed by atoms with van der Waals surface area (Å²) in [5, 5.41) is 17.4. The molecular formula is C13H19N3O2. The highest BCUT2D eigenvalue weighted by molar-refractivity contribution is 5.34. The van der Waals surface area contributed by atoms with Crippen molar-refractivity contribution in [1.29, 1.82) is 0 Å². The predicted molar refractivity (Wildman–Crippen MR) is 70.4 cm³/mol. The molecule has 98 valence electrons. The molecule has 1 saturated heterocycles. The van der Waals surface area contributed by atoms with Crippen molar-refractivity contribution in [3.8, 4) is 0 Å². The van der Waals surface area contributed by atoms with Crippen molar-refractivity contribution in [1.82, 2.24) is 10.6 Å². The maximum Gasteiger partial charge on any atom is 0.269 e. The molecule has 0 aliphatic carbocycles. The summed E-state index contributed by atoms with van der Waals surface area (Å²) in [7, 11) is 0. The lowest BCUT2D eigenvalue weighted by molar-refractivity contribution is -0.384. The second-order valence-corrected chi connectivity index (χ2v) is 4.77. The van der Waals surface area contributed by atoms with E-state index < -0.39 is 0 Å². The monoisotopic (exact) mass is 249 g/mol. The van der Waals surface area contributed by atoms with Gasteiger partial charge in [-0.3, -0.25) is 10.1 Å². The van der Waals surface area contributed by atoms with Crippen molar-refractivity contribution in [2.24, 2.45) is 5.92 Å². The molecule has 1 heterocycles. The first kappa shape index (κ1) is 13.0. The molecule has 0 radical (unpaired) electrons. The minimum atomic E-state index is -0.353. The van der Waals surface area contributed by atoms with Crippen LogP contribution < -0.4 is 10.6 Å². The molecule has 0 spiro atoms. The third kappa shape index (κ3) is 3.78. The van der Waals surface area contributed by atoms with Gasteiger partial charge in [-0.1, -0.05) is 12.1 Å². The molecule has 1 atom stereocenters. The summed E-state index contributed by atoms with van der Waals surface area (Å²) in [5.41, 5.74) is 1.13. The smallest absolute Gasteiger partial charge is 0.269 e. The third-order valence-corrected chi connectivity index (χ3v) is 3.28. The number of nitro benzene ring substituents is 1. The Hall–Kier alpha value is -1.46. The zero-order chi connectivity index (χ0) is 12.8. The van der Waals surface area contributed by atoms with Crippen molar-refractivity contribution in [3.63, 3.8) is 0 Å². The quantitative estimate of drug-likeness (QED) is 0.615. The summed E-state index contributed by atoms with van der Waals surface area (Å²) in [6.07, 6.45) is 2.50. The Morgan fingerprint density at radius 1 is 1.50 bits per heavy atom. The van der Waals surface area contributed by atoms with Gasteiger partial charge in [0.05, 0.1) is 4.92 Å². The fourth-order valence-corrected chi connectivity index (χ4v) is 2.30. The molecule has 1 fully saturated rings. The summed E-state index contributed by atoms with van der Waals surface area (Å²) in [4.78, 5) is 10.3. The Bertz CT molecular complexity index is 403. The number of non-ortho nitro benzene ring substituents is 1. The Balaban J connectivity index is 1.78. The molecule has 0 amide bonds. The van der Waals surface area contributed by atoms with E-state index in [1.807, 2.05) is 6.07 Å².